The van der Waals surface area contributed by atoms with E-state index in [1.165, 1.54) is 30.5 Å². The summed E-state index contributed by atoms with van der Waals surface area (Å²) in [5.41, 5.74) is 4.43. The molecule has 3 aromatic carbocycles. The van der Waals surface area contributed by atoms with Gasteiger partial charge in [-0.25, -0.2) is 5.43 Å². The average molecular weight is 536 g/mol. The van der Waals surface area contributed by atoms with Crippen molar-refractivity contribution in [1.29, 1.82) is 0 Å². The van der Waals surface area contributed by atoms with Crippen molar-refractivity contribution in [2.75, 3.05) is 5.32 Å². The van der Waals surface area contributed by atoms with E-state index in [1.54, 1.807) is 48.5 Å². The van der Waals surface area contributed by atoms with Gasteiger partial charge in [0.05, 0.1) is 12.6 Å². The van der Waals surface area contributed by atoms with Crippen molar-refractivity contribution < 1.29 is 22.2 Å². The highest BCUT2D eigenvalue weighted by Crippen LogP contribution is 2.19. The Morgan fingerprint density at radius 3 is 2.38 bits per heavy atom. The molecule has 12 heteroatoms. The Balaban J connectivity index is 1.26. The molecule has 0 bridgehead atoms. The predicted octanol–water partition coefficient (Wildman–Crippen LogP) is 3.56. The van der Waals surface area contributed by atoms with Crippen LogP contribution in [-0.4, -0.2) is 36.6 Å². The highest BCUT2D eigenvalue weighted by molar-refractivity contribution is 7.87. The number of benzene rings is 3. The van der Waals surface area contributed by atoms with Gasteiger partial charge < -0.3 is 4.18 Å². The molecule has 188 valence electrons. The van der Waals surface area contributed by atoms with Crippen LogP contribution in [0.4, 0.5) is 5.13 Å². The standard InChI is InChI=1S/C25H21N5O5S2/c1-17-7-13-21(14-8-17)37(33,34)35-20-11-9-18(10-12-20)16-26-28-22(31)15-23-29-30-25(36-23)27-24(32)19-5-3-2-4-6-19/h2-14,16H,15H2,1H3,(H,28,31)(H,27,30,32)/b26-16-. The number of anilines is 1. The lowest BCUT2D eigenvalue weighted by Gasteiger charge is -2.07. The van der Waals surface area contributed by atoms with Gasteiger partial charge in [0.1, 0.15) is 15.7 Å². The van der Waals surface area contributed by atoms with Gasteiger partial charge in [-0.2, -0.15) is 13.5 Å². The second-order valence-corrected chi connectivity index (χ2v) is 10.3. The minimum absolute atomic E-state index is 0.0626. The van der Waals surface area contributed by atoms with E-state index >= 15 is 0 Å². The fourth-order valence-corrected chi connectivity index (χ4v) is 4.64. The van der Waals surface area contributed by atoms with Gasteiger partial charge in [-0.05, 0) is 61.0 Å². The Kier molecular flexibility index (Phi) is 8.01. The molecule has 1 heterocycles. The summed E-state index contributed by atoms with van der Waals surface area (Å²) < 4.78 is 29.9. The van der Waals surface area contributed by atoms with Gasteiger partial charge in [0, 0.05) is 5.56 Å². The monoisotopic (exact) mass is 535 g/mol. The van der Waals surface area contributed by atoms with Crippen LogP contribution in [0, 0.1) is 6.92 Å². The number of hydrazone groups is 1. The number of aromatic nitrogens is 2. The molecule has 1 aromatic heterocycles. The third-order valence-corrected chi connectivity index (χ3v) is 6.93. The topological polar surface area (TPSA) is 140 Å². The minimum Gasteiger partial charge on any atom is -0.379 e. The fourth-order valence-electron chi connectivity index (χ4n) is 2.98. The van der Waals surface area contributed by atoms with Gasteiger partial charge in [-0.1, -0.05) is 47.2 Å². The first-order valence-corrected chi connectivity index (χ1v) is 13.1. The largest absolute Gasteiger partial charge is 0.379 e. The molecule has 0 spiro atoms. The molecule has 4 rings (SSSR count). The Morgan fingerprint density at radius 2 is 1.68 bits per heavy atom. The lowest BCUT2D eigenvalue weighted by molar-refractivity contribution is -0.120. The second-order valence-electron chi connectivity index (χ2n) is 7.71. The van der Waals surface area contributed by atoms with Crippen molar-refractivity contribution in [1.82, 2.24) is 15.6 Å². The summed E-state index contributed by atoms with van der Waals surface area (Å²) >= 11 is 1.09. The first-order chi connectivity index (χ1) is 17.8. The molecule has 2 amide bonds. The number of hydrogen-bond donors (Lipinski definition) is 2. The van der Waals surface area contributed by atoms with E-state index in [2.05, 4.69) is 26.0 Å². The molecule has 0 aliphatic heterocycles. The van der Waals surface area contributed by atoms with E-state index in [0.717, 1.165) is 16.9 Å². The average Bonchev–Trinajstić information content (AvgIpc) is 3.32. The molecule has 0 fully saturated rings. The molecule has 0 unspecified atom stereocenters. The van der Waals surface area contributed by atoms with Crippen LogP contribution in [-0.2, 0) is 21.3 Å². The van der Waals surface area contributed by atoms with Crippen LogP contribution in [0.2, 0.25) is 0 Å². The van der Waals surface area contributed by atoms with Crippen molar-refractivity contribution in [2.45, 2.75) is 18.2 Å². The summed E-state index contributed by atoms with van der Waals surface area (Å²) in [6.07, 6.45) is 1.33. The number of rotatable bonds is 9. The molecule has 0 radical (unpaired) electrons. The molecule has 0 aliphatic rings. The molecule has 0 atom stereocenters. The van der Waals surface area contributed by atoms with E-state index < -0.39 is 16.0 Å². The molecule has 0 saturated carbocycles. The number of nitrogens with zero attached hydrogens (tertiary/aromatic N) is 3. The number of nitrogens with one attached hydrogen (secondary N) is 2. The highest BCUT2D eigenvalue weighted by Gasteiger charge is 2.16. The summed E-state index contributed by atoms with van der Waals surface area (Å²) in [5.74, 6) is -0.591. The normalized spacial score (nSPS) is 11.3. The third kappa shape index (κ3) is 7.29. The van der Waals surface area contributed by atoms with Crippen LogP contribution in [0.15, 0.2) is 88.9 Å². The van der Waals surface area contributed by atoms with Crippen molar-refractivity contribution >= 4 is 44.6 Å². The summed E-state index contributed by atoms with van der Waals surface area (Å²) in [4.78, 5) is 24.4. The Bertz CT molecular complexity index is 1520. The Morgan fingerprint density at radius 1 is 0.973 bits per heavy atom. The maximum Gasteiger partial charge on any atom is 0.339 e. The van der Waals surface area contributed by atoms with Crippen LogP contribution < -0.4 is 14.9 Å². The maximum absolute atomic E-state index is 12.4. The highest BCUT2D eigenvalue weighted by atomic mass is 32.2. The van der Waals surface area contributed by atoms with E-state index in [0.29, 0.717) is 16.1 Å². The van der Waals surface area contributed by atoms with Crippen molar-refractivity contribution in [3.8, 4) is 5.75 Å². The van der Waals surface area contributed by atoms with Gasteiger partial charge >= 0.3 is 10.1 Å². The third-order valence-electron chi connectivity index (χ3n) is 4.83. The van der Waals surface area contributed by atoms with Gasteiger partial charge in [0.15, 0.2) is 0 Å². The summed E-state index contributed by atoms with van der Waals surface area (Å²) in [6, 6.07) is 21.2. The van der Waals surface area contributed by atoms with Gasteiger partial charge in [0.2, 0.25) is 11.0 Å². The van der Waals surface area contributed by atoms with Crippen molar-refractivity contribution in [3.05, 3.63) is 101 Å². The van der Waals surface area contributed by atoms with Crippen LogP contribution in [0.1, 0.15) is 26.5 Å². The van der Waals surface area contributed by atoms with Crippen LogP contribution in [0.3, 0.4) is 0 Å². The van der Waals surface area contributed by atoms with Gasteiger partial charge in [-0.15, -0.1) is 10.2 Å². The van der Waals surface area contributed by atoms with E-state index in [4.69, 9.17) is 4.18 Å². The molecule has 0 saturated heterocycles. The SMILES string of the molecule is Cc1ccc(S(=O)(=O)Oc2ccc(/C=N\NC(=O)Cc3nnc(NC(=O)c4ccccc4)s3)cc2)cc1. The quantitative estimate of drug-likeness (QED) is 0.190. The minimum atomic E-state index is -3.94. The lowest BCUT2D eigenvalue weighted by atomic mass is 10.2. The van der Waals surface area contributed by atoms with Crippen LogP contribution in [0.25, 0.3) is 0 Å². The molecular formula is C25H21N5O5S2. The molecule has 37 heavy (non-hydrogen) atoms. The van der Waals surface area contributed by atoms with Gasteiger partial charge in [0.25, 0.3) is 5.91 Å². The zero-order chi connectivity index (χ0) is 26.3. The van der Waals surface area contributed by atoms with E-state index in [9.17, 15) is 18.0 Å². The fraction of sp³-hybridized carbons (Fsp3) is 0.0800. The Hall–Kier alpha value is -4.42. The first kappa shape index (κ1) is 25.7. The summed E-state index contributed by atoms with van der Waals surface area (Å²) in [5, 5.41) is 15.0. The predicted molar refractivity (Wildman–Crippen MR) is 139 cm³/mol. The Labute approximate surface area is 217 Å². The van der Waals surface area contributed by atoms with Crippen molar-refractivity contribution in [2.24, 2.45) is 5.10 Å². The van der Waals surface area contributed by atoms with E-state index in [1.807, 2.05) is 13.0 Å². The number of carbonyl (C=O) groups excluding carboxylic acids is 2. The van der Waals surface area contributed by atoms with E-state index in [-0.39, 0.29) is 28.1 Å². The summed E-state index contributed by atoms with van der Waals surface area (Å²) in [6.45, 7) is 1.86. The second kappa shape index (κ2) is 11.5. The zero-order valence-electron chi connectivity index (χ0n) is 19.5. The number of carbonyl (C=O) groups is 2. The van der Waals surface area contributed by atoms with Gasteiger partial charge in [-0.3, -0.25) is 14.9 Å². The molecule has 2 N–H and O–H groups in total. The zero-order valence-corrected chi connectivity index (χ0v) is 21.1. The number of hydrogen-bond acceptors (Lipinski definition) is 9. The van der Waals surface area contributed by atoms with Crippen molar-refractivity contribution in [3.63, 3.8) is 0 Å². The number of aryl methyl sites for hydroxylation is 1. The molecular weight excluding hydrogens is 514 g/mol. The lowest BCUT2D eigenvalue weighted by Crippen LogP contribution is -2.19. The molecule has 0 aliphatic carbocycles. The number of amides is 2. The molecule has 10 nitrogen and oxygen atoms in total. The van der Waals surface area contributed by atoms with Crippen LogP contribution in [0.5, 0.6) is 5.75 Å². The summed E-state index contributed by atoms with van der Waals surface area (Å²) in [7, 11) is -3.94. The maximum atomic E-state index is 12.4. The molecule has 4 aromatic rings. The smallest absolute Gasteiger partial charge is 0.339 e. The van der Waals surface area contributed by atoms with Crippen LogP contribution >= 0.6 is 11.3 Å². The first-order valence-electron chi connectivity index (χ1n) is 10.9.